The van der Waals surface area contributed by atoms with Gasteiger partial charge in [0.2, 0.25) is 0 Å². The van der Waals surface area contributed by atoms with E-state index >= 15 is 0 Å². The van der Waals surface area contributed by atoms with Crippen molar-refractivity contribution in [2.24, 2.45) is 20.7 Å². The van der Waals surface area contributed by atoms with E-state index in [2.05, 4.69) is 20.3 Å². The maximum atomic E-state index is 11.0. The summed E-state index contributed by atoms with van der Waals surface area (Å²) in [6.07, 6.45) is 1.25. The van der Waals surface area contributed by atoms with Gasteiger partial charge in [-0.25, -0.2) is 15.3 Å². The summed E-state index contributed by atoms with van der Waals surface area (Å²) in [4.78, 5) is 12.2. The molecule has 0 bridgehead atoms. The normalized spacial score (nSPS) is 26.6. The molecule has 0 radical (unpaired) electrons. The SMILES string of the molecule is CCC1=NC(C2N=C(CC)NC2=[N+]([O-])[O-])C(N)=N1. The van der Waals surface area contributed by atoms with Crippen molar-refractivity contribution in [3.05, 3.63) is 10.4 Å². The van der Waals surface area contributed by atoms with Gasteiger partial charge in [-0.1, -0.05) is 13.8 Å². The number of hydrogen-bond acceptors (Lipinski definition) is 6. The van der Waals surface area contributed by atoms with Crippen LogP contribution in [0.4, 0.5) is 0 Å². The van der Waals surface area contributed by atoms with Crippen LogP contribution in [0.5, 0.6) is 0 Å². The van der Waals surface area contributed by atoms with Crippen LogP contribution >= 0.6 is 0 Å². The molecule has 0 saturated carbocycles. The third-order valence-corrected chi connectivity index (χ3v) is 2.84. The van der Waals surface area contributed by atoms with Crippen LogP contribution < -0.4 is 11.1 Å². The fourth-order valence-corrected chi connectivity index (χ4v) is 1.91. The van der Waals surface area contributed by atoms with Gasteiger partial charge in [-0.05, 0) is 0 Å². The van der Waals surface area contributed by atoms with Crippen LogP contribution in [0.3, 0.4) is 0 Å². The number of amidine groups is 4. The Kier molecular flexibility index (Phi) is 3.17. The Labute approximate surface area is 104 Å². The van der Waals surface area contributed by atoms with Crippen molar-refractivity contribution in [1.29, 1.82) is 0 Å². The third-order valence-electron chi connectivity index (χ3n) is 2.84. The molecular weight excluding hydrogens is 236 g/mol. The van der Waals surface area contributed by atoms with Crippen molar-refractivity contribution in [3.63, 3.8) is 0 Å². The number of nitrogens with one attached hydrogen (secondary N) is 1. The third kappa shape index (κ3) is 2.01. The Morgan fingerprint density at radius 2 is 1.94 bits per heavy atom. The molecule has 2 aliphatic heterocycles. The van der Waals surface area contributed by atoms with Crippen molar-refractivity contribution >= 4 is 23.3 Å². The Balaban J connectivity index is 2.32. The Morgan fingerprint density at radius 3 is 2.44 bits per heavy atom. The largest absolute Gasteiger partial charge is 0.712 e. The van der Waals surface area contributed by atoms with E-state index in [4.69, 9.17) is 5.73 Å². The molecule has 8 heteroatoms. The van der Waals surface area contributed by atoms with Crippen LogP contribution in [-0.4, -0.2) is 40.3 Å². The molecule has 0 fully saturated rings. The average molecular weight is 251 g/mol. The van der Waals surface area contributed by atoms with Crippen molar-refractivity contribution < 1.29 is 4.90 Å². The predicted octanol–water partition coefficient (Wildman–Crippen LogP) is -0.279. The van der Waals surface area contributed by atoms with E-state index in [-0.39, 0.29) is 5.84 Å². The van der Waals surface area contributed by atoms with Gasteiger partial charge in [-0.15, -0.1) is 0 Å². The van der Waals surface area contributed by atoms with Crippen LogP contribution in [0.25, 0.3) is 0 Å². The molecule has 2 atom stereocenters. The molecule has 0 aliphatic carbocycles. The minimum absolute atomic E-state index is 0.0731. The highest BCUT2D eigenvalue weighted by atomic mass is 16.8. The van der Waals surface area contributed by atoms with E-state index in [0.29, 0.717) is 30.3 Å². The second-order valence-electron chi connectivity index (χ2n) is 4.02. The quantitative estimate of drug-likeness (QED) is 0.528. The van der Waals surface area contributed by atoms with Gasteiger partial charge in [0.25, 0.3) is 5.84 Å². The molecule has 0 aromatic heterocycles. The lowest BCUT2D eigenvalue weighted by Crippen LogP contribution is -2.44. The lowest BCUT2D eigenvalue weighted by molar-refractivity contribution is -0.382. The van der Waals surface area contributed by atoms with Crippen LogP contribution in [0, 0.1) is 10.4 Å². The minimum atomic E-state index is -0.692. The van der Waals surface area contributed by atoms with E-state index in [0.717, 1.165) is 0 Å². The molecule has 3 N–H and O–H groups in total. The Hall–Kier alpha value is -2.12. The topological polar surface area (TPSA) is 124 Å². The highest BCUT2D eigenvalue weighted by Crippen LogP contribution is 2.17. The molecule has 0 saturated heterocycles. The van der Waals surface area contributed by atoms with Gasteiger partial charge in [-0.2, -0.15) is 0 Å². The first-order valence-electron chi connectivity index (χ1n) is 5.82. The summed E-state index contributed by atoms with van der Waals surface area (Å²) in [5.41, 5.74) is 5.78. The highest BCUT2D eigenvalue weighted by Gasteiger charge is 2.40. The van der Waals surface area contributed by atoms with Crippen molar-refractivity contribution in [2.45, 2.75) is 38.8 Å². The first-order valence-corrected chi connectivity index (χ1v) is 5.82. The van der Waals surface area contributed by atoms with Crippen LogP contribution in [0.15, 0.2) is 15.0 Å². The predicted molar refractivity (Wildman–Crippen MR) is 69.8 cm³/mol. The first kappa shape index (κ1) is 12.3. The van der Waals surface area contributed by atoms with E-state index in [9.17, 15) is 10.4 Å². The standard InChI is InChI=1S/C10H15N6O2/c1-3-5-12-7(9(11)14-5)8-10(16(17)18)15-6(4-2)13-8/h7-8H,3-4H2,1-2H3,(H3-,11,12,13,14,15,17,18)/q-1. The highest BCUT2D eigenvalue weighted by molar-refractivity contribution is 6.12. The van der Waals surface area contributed by atoms with E-state index in [1.807, 2.05) is 13.8 Å². The Bertz CT molecular complexity index is 475. The average Bonchev–Trinajstić information content (AvgIpc) is 2.91. The zero-order chi connectivity index (χ0) is 13.3. The number of nitrogens with two attached hydrogens (primary N) is 1. The van der Waals surface area contributed by atoms with E-state index in [1.54, 1.807) is 0 Å². The fourth-order valence-electron chi connectivity index (χ4n) is 1.91. The van der Waals surface area contributed by atoms with Gasteiger partial charge >= 0.3 is 0 Å². The molecule has 18 heavy (non-hydrogen) atoms. The van der Waals surface area contributed by atoms with Gasteiger partial charge in [0.15, 0.2) is 11.9 Å². The van der Waals surface area contributed by atoms with Crippen LogP contribution in [0.1, 0.15) is 26.7 Å². The zero-order valence-corrected chi connectivity index (χ0v) is 10.3. The maximum absolute atomic E-state index is 11.0. The molecule has 2 heterocycles. The van der Waals surface area contributed by atoms with Gasteiger partial charge < -0.3 is 16.1 Å². The molecule has 2 aliphatic rings. The molecule has 2 rings (SSSR count). The lowest BCUT2D eigenvalue weighted by Gasteiger charge is -2.18. The monoisotopic (exact) mass is 251 g/mol. The molecule has 0 spiro atoms. The number of hydrogen-bond donors (Lipinski definition) is 2. The van der Waals surface area contributed by atoms with E-state index in [1.165, 1.54) is 0 Å². The van der Waals surface area contributed by atoms with Gasteiger partial charge in [0, 0.05) is 12.8 Å². The summed E-state index contributed by atoms with van der Waals surface area (Å²) in [5.74, 6) is 1.41. The number of nitrogens with zero attached hydrogens (tertiary/aromatic N) is 4. The smallest absolute Gasteiger partial charge is 0.284 e. The van der Waals surface area contributed by atoms with Crippen molar-refractivity contribution in [3.8, 4) is 0 Å². The summed E-state index contributed by atoms with van der Waals surface area (Å²) < 4.78 is 0. The summed E-state index contributed by atoms with van der Waals surface area (Å²) in [7, 11) is 0. The lowest BCUT2D eigenvalue weighted by atomic mass is 10.1. The molecule has 98 valence electrons. The summed E-state index contributed by atoms with van der Waals surface area (Å²) >= 11 is 0. The summed E-state index contributed by atoms with van der Waals surface area (Å²) in [6, 6.07) is -1.25. The maximum Gasteiger partial charge on any atom is 0.284 e. The molecule has 8 nitrogen and oxygen atoms in total. The zero-order valence-electron chi connectivity index (χ0n) is 10.3. The minimum Gasteiger partial charge on any atom is -0.712 e. The van der Waals surface area contributed by atoms with Crippen molar-refractivity contribution in [1.82, 2.24) is 5.32 Å². The second-order valence-corrected chi connectivity index (χ2v) is 4.02. The first-order chi connectivity index (χ1) is 8.56. The second kappa shape index (κ2) is 4.63. The van der Waals surface area contributed by atoms with Gasteiger partial charge in [0.1, 0.15) is 17.7 Å². The van der Waals surface area contributed by atoms with Gasteiger partial charge in [0.05, 0.1) is 0 Å². The number of rotatable bonds is 3. The summed E-state index contributed by atoms with van der Waals surface area (Å²) in [6.45, 7) is 3.78. The molecular formula is C10H15N6O2-. The molecule has 0 aromatic carbocycles. The Morgan fingerprint density at radius 1 is 1.22 bits per heavy atom. The summed E-state index contributed by atoms with van der Waals surface area (Å²) in [5, 5.41) is 24.7. The molecule has 2 unspecified atom stereocenters. The number of aliphatic imine (C=N–C) groups is 3. The van der Waals surface area contributed by atoms with Crippen molar-refractivity contribution in [2.75, 3.05) is 0 Å². The molecule has 0 amide bonds. The van der Waals surface area contributed by atoms with E-state index < -0.39 is 17.0 Å². The van der Waals surface area contributed by atoms with Crippen LogP contribution in [-0.2, 0) is 0 Å². The molecule has 0 aromatic rings. The fraction of sp³-hybridized carbons (Fsp3) is 0.600. The van der Waals surface area contributed by atoms with Crippen LogP contribution in [0.2, 0.25) is 0 Å². The van der Waals surface area contributed by atoms with Gasteiger partial charge in [-0.3, -0.25) is 9.89 Å².